The standard InChI is InChI=1S/C13H18ClFN2.ClH/c1-2-12(17-8-6-16-7-9-17)10-4-3-5-11(15)13(10)14;/h3-5,12,16H,2,6-9H2,1H3;1H/t12-;/m1./s1. The van der Waals surface area contributed by atoms with Crippen LogP contribution < -0.4 is 5.32 Å². The lowest BCUT2D eigenvalue weighted by Crippen LogP contribution is -2.45. The summed E-state index contributed by atoms with van der Waals surface area (Å²) in [6.45, 7) is 6.08. The minimum atomic E-state index is -0.322. The molecular weight excluding hydrogens is 274 g/mol. The van der Waals surface area contributed by atoms with Gasteiger partial charge in [0.1, 0.15) is 5.82 Å². The Balaban J connectivity index is 0.00000162. The van der Waals surface area contributed by atoms with E-state index in [0.29, 0.717) is 0 Å². The number of nitrogens with zero attached hydrogens (tertiary/aromatic N) is 1. The second-order valence-corrected chi connectivity index (χ2v) is 4.73. The summed E-state index contributed by atoms with van der Waals surface area (Å²) in [7, 11) is 0. The van der Waals surface area contributed by atoms with Crippen LogP contribution >= 0.6 is 24.0 Å². The van der Waals surface area contributed by atoms with Gasteiger partial charge in [0.2, 0.25) is 0 Å². The monoisotopic (exact) mass is 292 g/mol. The molecule has 5 heteroatoms. The van der Waals surface area contributed by atoms with Gasteiger partial charge in [-0.05, 0) is 18.1 Å². The van der Waals surface area contributed by atoms with Gasteiger partial charge in [0, 0.05) is 32.2 Å². The zero-order chi connectivity index (χ0) is 12.3. The molecule has 0 aliphatic carbocycles. The number of hydrogen-bond donors (Lipinski definition) is 1. The van der Waals surface area contributed by atoms with Crippen molar-refractivity contribution in [2.75, 3.05) is 26.2 Å². The minimum absolute atomic E-state index is 0. The van der Waals surface area contributed by atoms with Crippen LogP contribution in [0.3, 0.4) is 0 Å². The molecule has 18 heavy (non-hydrogen) atoms. The maximum Gasteiger partial charge on any atom is 0.142 e. The maximum absolute atomic E-state index is 13.5. The molecule has 0 unspecified atom stereocenters. The topological polar surface area (TPSA) is 15.3 Å². The lowest BCUT2D eigenvalue weighted by Gasteiger charge is -2.35. The quantitative estimate of drug-likeness (QED) is 0.920. The average molecular weight is 293 g/mol. The van der Waals surface area contributed by atoms with Crippen LogP contribution in [0.25, 0.3) is 0 Å². The molecule has 0 bridgehead atoms. The molecule has 0 aromatic heterocycles. The fourth-order valence-electron chi connectivity index (χ4n) is 2.45. The summed E-state index contributed by atoms with van der Waals surface area (Å²) >= 11 is 6.07. The highest BCUT2D eigenvalue weighted by molar-refractivity contribution is 6.31. The fraction of sp³-hybridized carbons (Fsp3) is 0.538. The summed E-state index contributed by atoms with van der Waals surface area (Å²) in [5, 5.41) is 3.60. The Morgan fingerprint density at radius 1 is 1.39 bits per heavy atom. The molecule has 1 fully saturated rings. The molecule has 1 aromatic rings. The van der Waals surface area contributed by atoms with E-state index in [9.17, 15) is 4.39 Å². The second-order valence-electron chi connectivity index (χ2n) is 4.35. The van der Waals surface area contributed by atoms with Gasteiger partial charge in [-0.2, -0.15) is 0 Å². The third kappa shape index (κ3) is 3.35. The van der Waals surface area contributed by atoms with Crippen molar-refractivity contribution in [3.05, 3.63) is 34.6 Å². The summed E-state index contributed by atoms with van der Waals surface area (Å²) in [4.78, 5) is 2.37. The van der Waals surface area contributed by atoms with Crippen LogP contribution in [0.2, 0.25) is 5.02 Å². The predicted molar refractivity (Wildman–Crippen MR) is 76.1 cm³/mol. The van der Waals surface area contributed by atoms with Crippen molar-refractivity contribution in [2.24, 2.45) is 0 Å². The number of nitrogens with one attached hydrogen (secondary N) is 1. The van der Waals surface area contributed by atoms with Gasteiger partial charge in [-0.25, -0.2) is 4.39 Å². The van der Waals surface area contributed by atoms with Crippen LogP contribution in [-0.2, 0) is 0 Å². The first-order chi connectivity index (χ1) is 8.24. The van der Waals surface area contributed by atoms with Crippen molar-refractivity contribution >= 4 is 24.0 Å². The Bertz CT molecular complexity index is 381. The van der Waals surface area contributed by atoms with Crippen molar-refractivity contribution in [2.45, 2.75) is 19.4 Å². The van der Waals surface area contributed by atoms with Crippen LogP contribution in [0.5, 0.6) is 0 Å². The van der Waals surface area contributed by atoms with Gasteiger partial charge in [-0.3, -0.25) is 4.90 Å². The molecule has 0 amide bonds. The summed E-state index contributed by atoms with van der Waals surface area (Å²) in [6, 6.07) is 5.31. The Kier molecular flexibility index (Phi) is 6.36. The third-order valence-corrected chi connectivity index (χ3v) is 3.72. The Morgan fingerprint density at radius 2 is 2.06 bits per heavy atom. The lowest BCUT2D eigenvalue weighted by molar-refractivity contribution is 0.169. The fourth-order valence-corrected chi connectivity index (χ4v) is 2.70. The van der Waals surface area contributed by atoms with E-state index >= 15 is 0 Å². The second kappa shape index (κ2) is 7.29. The first-order valence-electron chi connectivity index (χ1n) is 6.12. The maximum atomic E-state index is 13.5. The van der Waals surface area contributed by atoms with Crippen LogP contribution in [0.15, 0.2) is 18.2 Å². The normalized spacial score (nSPS) is 18.2. The van der Waals surface area contributed by atoms with E-state index in [1.165, 1.54) is 6.07 Å². The van der Waals surface area contributed by atoms with Crippen molar-refractivity contribution in [3.8, 4) is 0 Å². The van der Waals surface area contributed by atoms with Gasteiger partial charge in [0.15, 0.2) is 0 Å². The molecule has 2 nitrogen and oxygen atoms in total. The van der Waals surface area contributed by atoms with Crippen molar-refractivity contribution in [3.63, 3.8) is 0 Å². The summed E-state index contributed by atoms with van der Waals surface area (Å²) < 4.78 is 13.5. The van der Waals surface area contributed by atoms with Gasteiger partial charge in [0.05, 0.1) is 5.02 Å². The highest BCUT2D eigenvalue weighted by Crippen LogP contribution is 2.31. The van der Waals surface area contributed by atoms with E-state index in [4.69, 9.17) is 11.6 Å². The molecule has 0 spiro atoms. The van der Waals surface area contributed by atoms with Gasteiger partial charge in [-0.1, -0.05) is 30.7 Å². The van der Waals surface area contributed by atoms with Gasteiger partial charge in [-0.15, -0.1) is 12.4 Å². The van der Waals surface area contributed by atoms with E-state index in [2.05, 4.69) is 17.1 Å². The molecule has 1 heterocycles. The number of halogens is 3. The summed E-state index contributed by atoms with van der Waals surface area (Å²) in [5.41, 5.74) is 0.913. The van der Waals surface area contributed by atoms with Crippen LogP contribution in [-0.4, -0.2) is 31.1 Å². The van der Waals surface area contributed by atoms with Crippen molar-refractivity contribution < 1.29 is 4.39 Å². The molecule has 1 saturated heterocycles. The average Bonchev–Trinajstić information content (AvgIpc) is 2.37. The third-order valence-electron chi connectivity index (χ3n) is 3.32. The van der Waals surface area contributed by atoms with E-state index < -0.39 is 0 Å². The van der Waals surface area contributed by atoms with E-state index in [0.717, 1.165) is 38.2 Å². The highest BCUT2D eigenvalue weighted by atomic mass is 35.5. The largest absolute Gasteiger partial charge is 0.314 e. The first-order valence-corrected chi connectivity index (χ1v) is 6.50. The molecule has 0 saturated carbocycles. The molecule has 1 N–H and O–H groups in total. The molecule has 1 atom stereocenters. The number of benzene rings is 1. The molecule has 1 aromatic carbocycles. The Morgan fingerprint density at radius 3 is 2.67 bits per heavy atom. The number of piperazine rings is 1. The predicted octanol–water partition coefficient (Wildman–Crippen LogP) is 3.26. The first kappa shape index (κ1) is 15.7. The van der Waals surface area contributed by atoms with Gasteiger partial charge in [0.25, 0.3) is 0 Å². The number of rotatable bonds is 3. The summed E-state index contributed by atoms with van der Waals surface area (Å²) in [5.74, 6) is -0.322. The Hall–Kier alpha value is -0.350. The van der Waals surface area contributed by atoms with Crippen molar-refractivity contribution in [1.82, 2.24) is 10.2 Å². The SMILES string of the molecule is CC[C@H](c1cccc(F)c1Cl)N1CCNCC1.Cl. The molecule has 0 radical (unpaired) electrons. The molecular formula is C13H19Cl2FN2. The molecule has 1 aliphatic rings. The molecule has 1 aliphatic heterocycles. The van der Waals surface area contributed by atoms with Crippen LogP contribution in [0, 0.1) is 5.82 Å². The van der Waals surface area contributed by atoms with E-state index in [1.54, 1.807) is 6.07 Å². The van der Waals surface area contributed by atoms with Gasteiger partial charge >= 0.3 is 0 Å². The van der Waals surface area contributed by atoms with Gasteiger partial charge < -0.3 is 5.32 Å². The Labute approximate surface area is 119 Å². The van der Waals surface area contributed by atoms with E-state index in [-0.39, 0.29) is 29.3 Å². The number of hydrogen-bond acceptors (Lipinski definition) is 2. The smallest absolute Gasteiger partial charge is 0.142 e. The van der Waals surface area contributed by atoms with Crippen LogP contribution in [0.4, 0.5) is 4.39 Å². The molecule has 2 rings (SSSR count). The van der Waals surface area contributed by atoms with Crippen LogP contribution in [0.1, 0.15) is 24.9 Å². The summed E-state index contributed by atoms with van der Waals surface area (Å²) in [6.07, 6.45) is 0.948. The van der Waals surface area contributed by atoms with Crippen molar-refractivity contribution in [1.29, 1.82) is 0 Å². The lowest BCUT2D eigenvalue weighted by atomic mass is 10.0. The van der Waals surface area contributed by atoms with E-state index in [1.807, 2.05) is 6.07 Å². The highest BCUT2D eigenvalue weighted by Gasteiger charge is 2.23. The zero-order valence-electron chi connectivity index (χ0n) is 10.5. The molecule has 102 valence electrons. The minimum Gasteiger partial charge on any atom is -0.314 e. The zero-order valence-corrected chi connectivity index (χ0v) is 12.0.